The number of aromatic nitrogens is 2. The van der Waals surface area contributed by atoms with Crippen LogP contribution in [-0.4, -0.2) is 16.2 Å². The van der Waals surface area contributed by atoms with Crippen molar-refractivity contribution in [2.75, 3.05) is 0 Å². The molecule has 0 amide bonds. The second-order valence-electron chi connectivity index (χ2n) is 7.80. The number of hydrogen-bond acceptors (Lipinski definition) is 4. The quantitative estimate of drug-likeness (QED) is 0.921. The van der Waals surface area contributed by atoms with Crippen LogP contribution in [0, 0.1) is 17.8 Å². The Bertz CT molecular complexity index is 472. The molecule has 4 aliphatic carbocycles. The fraction of sp³-hybridized carbons (Fsp3) is 0.875. The number of nitrogens with two attached hydrogens (primary N) is 1. The molecule has 0 saturated heterocycles. The molecule has 1 aromatic heterocycles. The standard InChI is InChI=1S/C16H25N3O/c1-9(10(2)17)14-18-15(19-20-14)16-6-11-3-12(7-16)5-13(4-11)8-16/h9-13H,3-8,17H2,1-2H3. The van der Waals surface area contributed by atoms with Gasteiger partial charge in [0.2, 0.25) is 5.89 Å². The van der Waals surface area contributed by atoms with Crippen LogP contribution in [0.4, 0.5) is 0 Å². The van der Waals surface area contributed by atoms with E-state index in [9.17, 15) is 0 Å². The Hall–Kier alpha value is -0.900. The van der Waals surface area contributed by atoms with E-state index in [1.807, 2.05) is 6.92 Å². The zero-order valence-corrected chi connectivity index (χ0v) is 12.5. The van der Waals surface area contributed by atoms with Gasteiger partial charge in [0.25, 0.3) is 0 Å². The lowest BCUT2D eigenvalue weighted by Gasteiger charge is -2.55. The average Bonchev–Trinajstić information content (AvgIpc) is 2.86. The number of nitrogens with zero attached hydrogens (tertiary/aromatic N) is 2. The first-order valence-corrected chi connectivity index (χ1v) is 8.15. The Morgan fingerprint density at radius 2 is 1.65 bits per heavy atom. The zero-order chi connectivity index (χ0) is 13.9. The van der Waals surface area contributed by atoms with E-state index >= 15 is 0 Å². The van der Waals surface area contributed by atoms with E-state index in [0.29, 0.717) is 0 Å². The molecule has 4 aliphatic rings. The SMILES string of the molecule is CC(N)C(C)c1nc(C23CC4CC(CC(C4)C2)C3)no1. The minimum atomic E-state index is 0.0552. The summed E-state index contributed by atoms with van der Waals surface area (Å²) in [7, 11) is 0. The van der Waals surface area contributed by atoms with E-state index in [1.54, 1.807) is 0 Å². The molecule has 2 unspecified atom stereocenters. The predicted molar refractivity (Wildman–Crippen MR) is 76.2 cm³/mol. The highest BCUT2D eigenvalue weighted by molar-refractivity contribution is 5.17. The van der Waals surface area contributed by atoms with Gasteiger partial charge in [0.15, 0.2) is 5.82 Å². The van der Waals surface area contributed by atoms with Crippen molar-refractivity contribution < 1.29 is 4.52 Å². The van der Waals surface area contributed by atoms with Crippen LogP contribution in [0.15, 0.2) is 4.52 Å². The molecule has 20 heavy (non-hydrogen) atoms. The second-order valence-corrected chi connectivity index (χ2v) is 7.80. The lowest BCUT2D eigenvalue weighted by molar-refractivity contribution is -0.0103. The molecule has 4 fully saturated rings. The molecule has 0 spiro atoms. The fourth-order valence-electron chi connectivity index (χ4n) is 5.24. The number of rotatable bonds is 3. The van der Waals surface area contributed by atoms with Crippen LogP contribution in [0.1, 0.15) is 70.0 Å². The summed E-state index contributed by atoms with van der Waals surface area (Å²) in [5.41, 5.74) is 6.19. The van der Waals surface area contributed by atoms with Gasteiger partial charge in [0, 0.05) is 11.5 Å². The third kappa shape index (κ3) is 1.84. The molecule has 110 valence electrons. The monoisotopic (exact) mass is 275 g/mol. The van der Waals surface area contributed by atoms with Crippen LogP contribution in [0.5, 0.6) is 0 Å². The van der Waals surface area contributed by atoms with Gasteiger partial charge in [-0.2, -0.15) is 4.98 Å². The Balaban J connectivity index is 1.64. The molecule has 1 heterocycles. The molecular formula is C16H25N3O. The molecular weight excluding hydrogens is 250 g/mol. The van der Waals surface area contributed by atoms with Gasteiger partial charge >= 0.3 is 0 Å². The molecule has 4 heteroatoms. The maximum atomic E-state index is 5.96. The van der Waals surface area contributed by atoms with Crippen molar-refractivity contribution >= 4 is 0 Å². The Morgan fingerprint density at radius 3 is 2.15 bits per heavy atom. The van der Waals surface area contributed by atoms with E-state index in [1.165, 1.54) is 38.5 Å². The summed E-state index contributed by atoms with van der Waals surface area (Å²) in [5.74, 6) is 4.59. The van der Waals surface area contributed by atoms with Gasteiger partial charge in [-0.1, -0.05) is 12.1 Å². The Labute approximate surface area is 120 Å². The van der Waals surface area contributed by atoms with Crippen LogP contribution in [0.3, 0.4) is 0 Å². The molecule has 4 bridgehead atoms. The van der Waals surface area contributed by atoms with Crippen LogP contribution in [0.25, 0.3) is 0 Å². The van der Waals surface area contributed by atoms with Gasteiger partial charge in [0.1, 0.15) is 0 Å². The van der Waals surface area contributed by atoms with Crippen LogP contribution in [-0.2, 0) is 5.41 Å². The van der Waals surface area contributed by atoms with E-state index in [0.717, 1.165) is 29.5 Å². The molecule has 2 atom stereocenters. The first kappa shape index (κ1) is 12.8. The third-order valence-electron chi connectivity index (χ3n) is 6.13. The summed E-state index contributed by atoms with van der Waals surface area (Å²) in [5, 5.41) is 4.37. The van der Waals surface area contributed by atoms with E-state index < -0.39 is 0 Å². The Kier molecular flexibility index (Phi) is 2.75. The lowest BCUT2D eigenvalue weighted by atomic mass is 9.49. The van der Waals surface area contributed by atoms with E-state index in [2.05, 4.69) is 12.1 Å². The zero-order valence-electron chi connectivity index (χ0n) is 12.5. The average molecular weight is 275 g/mol. The largest absolute Gasteiger partial charge is 0.339 e. The summed E-state index contributed by atoms with van der Waals surface area (Å²) in [6.45, 7) is 4.07. The van der Waals surface area contributed by atoms with Gasteiger partial charge in [-0.25, -0.2) is 0 Å². The minimum Gasteiger partial charge on any atom is -0.339 e. The van der Waals surface area contributed by atoms with Gasteiger partial charge in [-0.15, -0.1) is 0 Å². The van der Waals surface area contributed by atoms with Crippen molar-refractivity contribution in [3.05, 3.63) is 11.7 Å². The summed E-state index contributed by atoms with van der Waals surface area (Å²) >= 11 is 0. The molecule has 4 nitrogen and oxygen atoms in total. The highest BCUT2D eigenvalue weighted by atomic mass is 16.5. The Morgan fingerprint density at radius 1 is 1.10 bits per heavy atom. The molecule has 0 aromatic carbocycles. The van der Waals surface area contributed by atoms with E-state index in [-0.39, 0.29) is 17.4 Å². The fourth-order valence-corrected chi connectivity index (χ4v) is 5.24. The van der Waals surface area contributed by atoms with Crippen LogP contribution in [0.2, 0.25) is 0 Å². The topological polar surface area (TPSA) is 64.9 Å². The second kappa shape index (κ2) is 4.30. The maximum Gasteiger partial charge on any atom is 0.231 e. The first-order chi connectivity index (χ1) is 9.56. The molecule has 4 saturated carbocycles. The van der Waals surface area contributed by atoms with Gasteiger partial charge < -0.3 is 10.3 Å². The molecule has 5 rings (SSSR count). The molecule has 2 N–H and O–H groups in total. The molecule has 1 aromatic rings. The van der Waals surface area contributed by atoms with Crippen LogP contribution < -0.4 is 5.73 Å². The van der Waals surface area contributed by atoms with Crippen molar-refractivity contribution in [2.24, 2.45) is 23.5 Å². The summed E-state index contributed by atoms with van der Waals surface area (Å²) in [6.07, 6.45) is 8.18. The summed E-state index contributed by atoms with van der Waals surface area (Å²) in [4.78, 5) is 4.76. The summed E-state index contributed by atoms with van der Waals surface area (Å²) < 4.78 is 5.54. The van der Waals surface area contributed by atoms with Crippen molar-refractivity contribution in [2.45, 2.75) is 69.7 Å². The third-order valence-corrected chi connectivity index (χ3v) is 6.13. The first-order valence-electron chi connectivity index (χ1n) is 8.15. The number of hydrogen-bond donors (Lipinski definition) is 1. The van der Waals surface area contributed by atoms with Crippen LogP contribution >= 0.6 is 0 Å². The maximum absolute atomic E-state index is 5.96. The summed E-state index contributed by atoms with van der Waals surface area (Å²) in [6, 6.07) is 0.0552. The van der Waals surface area contributed by atoms with E-state index in [4.69, 9.17) is 15.2 Å². The highest BCUT2D eigenvalue weighted by Crippen LogP contribution is 2.60. The molecule has 0 radical (unpaired) electrons. The smallest absolute Gasteiger partial charge is 0.231 e. The normalized spacial score (nSPS) is 41.9. The van der Waals surface area contributed by atoms with Gasteiger partial charge in [0.05, 0.1) is 5.92 Å². The lowest BCUT2D eigenvalue weighted by Crippen LogP contribution is -2.49. The minimum absolute atomic E-state index is 0.0552. The highest BCUT2D eigenvalue weighted by Gasteiger charge is 2.53. The van der Waals surface area contributed by atoms with Gasteiger partial charge in [-0.05, 0) is 63.2 Å². The van der Waals surface area contributed by atoms with Crippen molar-refractivity contribution in [3.8, 4) is 0 Å². The van der Waals surface area contributed by atoms with Crippen molar-refractivity contribution in [1.29, 1.82) is 0 Å². The van der Waals surface area contributed by atoms with Gasteiger partial charge in [-0.3, -0.25) is 0 Å². The van der Waals surface area contributed by atoms with Crippen molar-refractivity contribution in [1.82, 2.24) is 10.1 Å². The predicted octanol–water partition coefficient (Wildman–Crippen LogP) is 2.99. The van der Waals surface area contributed by atoms with Crippen molar-refractivity contribution in [3.63, 3.8) is 0 Å². The molecule has 0 aliphatic heterocycles.